The van der Waals surface area contributed by atoms with Gasteiger partial charge >= 0.3 is 0 Å². The molecule has 0 unspecified atom stereocenters. The zero-order chi connectivity index (χ0) is 13.8. The number of aryl methyl sites for hydroxylation is 2. The van der Waals surface area contributed by atoms with Crippen molar-refractivity contribution in [1.29, 1.82) is 0 Å². The van der Waals surface area contributed by atoms with E-state index in [1.54, 1.807) is 7.11 Å². The fourth-order valence-corrected chi connectivity index (χ4v) is 2.71. The van der Waals surface area contributed by atoms with E-state index >= 15 is 0 Å². The summed E-state index contributed by atoms with van der Waals surface area (Å²) in [6.45, 7) is 4.31. The summed E-state index contributed by atoms with van der Waals surface area (Å²) in [6.07, 6.45) is 2.05. The van der Waals surface area contributed by atoms with Crippen molar-refractivity contribution in [3.63, 3.8) is 0 Å². The van der Waals surface area contributed by atoms with E-state index in [0.29, 0.717) is 0 Å². The number of ether oxygens (including phenoxy) is 1. The van der Waals surface area contributed by atoms with Crippen LogP contribution in [0.2, 0.25) is 0 Å². The first-order valence-electron chi connectivity index (χ1n) is 6.55. The molecule has 1 nitrogen and oxygen atoms in total. The van der Waals surface area contributed by atoms with Crippen LogP contribution in [0.5, 0.6) is 5.75 Å². The first kappa shape index (κ1) is 14.1. The Morgan fingerprint density at radius 1 is 1.05 bits per heavy atom. The molecule has 0 heterocycles. The predicted octanol–water partition coefficient (Wildman–Crippen LogP) is 4.92. The largest absolute Gasteiger partial charge is 0.496 e. The Morgan fingerprint density at radius 2 is 1.68 bits per heavy atom. The van der Waals surface area contributed by atoms with Gasteiger partial charge in [0.05, 0.1) is 11.6 Å². The molecule has 0 aliphatic heterocycles. The van der Waals surface area contributed by atoms with E-state index in [-0.39, 0.29) is 0 Å². The fraction of sp³-hybridized carbons (Fsp3) is 0.294. The molecule has 0 aliphatic rings. The number of halogens is 1. The minimum absolute atomic E-state index is 0.891. The Labute approximate surface area is 123 Å². The molecule has 0 bridgehead atoms. The van der Waals surface area contributed by atoms with Gasteiger partial charge in [-0.1, -0.05) is 31.2 Å². The van der Waals surface area contributed by atoms with Crippen molar-refractivity contribution in [2.24, 2.45) is 0 Å². The van der Waals surface area contributed by atoms with Gasteiger partial charge in [0.15, 0.2) is 0 Å². The second kappa shape index (κ2) is 6.25. The molecule has 0 N–H and O–H groups in total. The standard InChI is InChI=1S/C17H19BrO/c1-4-13-5-7-14(8-6-13)10-15-11-16(18)17(19-3)9-12(15)2/h5-9,11H,4,10H2,1-3H3. The Bertz CT molecular complexity index is 558. The van der Waals surface area contributed by atoms with Gasteiger partial charge < -0.3 is 4.74 Å². The average molecular weight is 319 g/mol. The highest BCUT2D eigenvalue weighted by Gasteiger charge is 2.06. The van der Waals surface area contributed by atoms with Crippen molar-refractivity contribution in [3.8, 4) is 5.75 Å². The maximum absolute atomic E-state index is 5.31. The molecule has 0 saturated carbocycles. The van der Waals surface area contributed by atoms with Crippen LogP contribution < -0.4 is 4.74 Å². The van der Waals surface area contributed by atoms with E-state index in [1.165, 1.54) is 22.3 Å². The minimum atomic E-state index is 0.891. The Kier molecular flexibility index (Phi) is 4.65. The highest BCUT2D eigenvalue weighted by molar-refractivity contribution is 9.10. The second-order valence-corrected chi connectivity index (χ2v) is 5.61. The third-order valence-corrected chi connectivity index (χ3v) is 4.06. The summed E-state index contributed by atoms with van der Waals surface area (Å²) in [5.41, 5.74) is 5.32. The van der Waals surface area contributed by atoms with Crippen LogP contribution in [0.15, 0.2) is 40.9 Å². The zero-order valence-electron chi connectivity index (χ0n) is 11.7. The number of hydrogen-bond donors (Lipinski definition) is 0. The monoisotopic (exact) mass is 318 g/mol. The van der Waals surface area contributed by atoms with Crippen LogP contribution in [-0.4, -0.2) is 7.11 Å². The Morgan fingerprint density at radius 3 is 2.26 bits per heavy atom. The average Bonchev–Trinajstić information content (AvgIpc) is 2.43. The maximum atomic E-state index is 5.31. The number of benzene rings is 2. The van der Waals surface area contributed by atoms with Crippen LogP contribution in [0, 0.1) is 6.92 Å². The summed E-state index contributed by atoms with van der Waals surface area (Å²) >= 11 is 3.55. The Hall–Kier alpha value is -1.28. The van der Waals surface area contributed by atoms with Crippen molar-refractivity contribution in [2.75, 3.05) is 7.11 Å². The summed E-state index contributed by atoms with van der Waals surface area (Å²) < 4.78 is 6.33. The topological polar surface area (TPSA) is 9.23 Å². The molecular weight excluding hydrogens is 300 g/mol. The molecule has 19 heavy (non-hydrogen) atoms. The molecule has 2 aromatic carbocycles. The fourth-order valence-electron chi connectivity index (χ4n) is 2.16. The summed E-state index contributed by atoms with van der Waals surface area (Å²) in [6, 6.07) is 13.1. The van der Waals surface area contributed by atoms with Gasteiger partial charge in [0, 0.05) is 0 Å². The summed E-state index contributed by atoms with van der Waals surface area (Å²) in [7, 11) is 1.70. The van der Waals surface area contributed by atoms with Crippen LogP contribution in [0.3, 0.4) is 0 Å². The quantitative estimate of drug-likeness (QED) is 0.777. The van der Waals surface area contributed by atoms with Crippen LogP contribution in [-0.2, 0) is 12.8 Å². The van der Waals surface area contributed by atoms with E-state index in [1.807, 2.05) is 0 Å². The van der Waals surface area contributed by atoms with Gasteiger partial charge in [-0.05, 0) is 70.1 Å². The van der Waals surface area contributed by atoms with Gasteiger partial charge in [0.25, 0.3) is 0 Å². The molecule has 0 aliphatic carbocycles. The highest BCUT2D eigenvalue weighted by atomic mass is 79.9. The minimum Gasteiger partial charge on any atom is -0.496 e. The predicted molar refractivity (Wildman–Crippen MR) is 84.1 cm³/mol. The lowest BCUT2D eigenvalue weighted by atomic mass is 9.99. The molecule has 0 spiro atoms. The zero-order valence-corrected chi connectivity index (χ0v) is 13.3. The van der Waals surface area contributed by atoms with Crippen LogP contribution >= 0.6 is 15.9 Å². The van der Waals surface area contributed by atoms with Gasteiger partial charge in [-0.3, -0.25) is 0 Å². The lowest BCUT2D eigenvalue weighted by Crippen LogP contribution is -1.95. The summed E-state index contributed by atoms with van der Waals surface area (Å²) in [5, 5.41) is 0. The normalized spacial score (nSPS) is 10.5. The van der Waals surface area contributed by atoms with E-state index in [9.17, 15) is 0 Å². The van der Waals surface area contributed by atoms with Crippen LogP contribution in [0.4, 0.5) is 0 Å². The molecule has 0 saturated heterocycles. The molecule has 0 atom stereocenters. The van der Waals surface area contributed by atoms with E-state index in [2.05, 4.69) is 66.2 Å². The third-order valence-electron chi connectivity index (χ3n) is 3.44. The van der Waals surface area contributed by atoms with Crippen molar-refractivity contribution >= 4 is 15.9 Å². The molecule has 0 amide bonds. The van der Waals surface area contributed by atoms with Crippen LogP contribution in [0.1, 0.15) is 29.2 Å². The van der Waals surface area contributed by atoms with Gasteiger partial charge in [0.1, 0.15) is 5.75 Å². The van der Waals surface area contributed by atoms with Crippen LogP contribution in [0.25, 0.3) is 0 Å². The third kappa shape index (κ3) is 3.38. The molecule has 0 fully saturated rings. The van der Waals surface area contributed by atoms with Gasteiger partial charge in [-0.25, -0.2) is 0 Å². The van der Waals surface area contributed by atoms with Crippen molar-refractivity contribution in [1.82, 2.24) is 0 Å². The van der Waals surface area contributed by atoms with E-state index < -0.39 is 0 Å². The Balaban J connectivity index is 2.25. The maximum Gasteiger partial charge on any atom is 0.133 e. The van der Waals surface area contributed by atoms with Gasteiger partial charge in [0.2, 0.25) is 0 Å². The van der Waals surface area contributed by atoms with Crippen molar-refractivity contribution in [3.05, 3.63) is 63.1 Å². The highest BCUT2D eigenvalue weighted by Crippen LogP contribution is 2.29. The smallest absolute Gasteiger partial charge is 0.133 e. The molecule has 2 rings (SSSR count). The first-order valence-corrected chi connectivity index (χ1v) is 7.34. The molecule has 100 valence electrons. The first-order chi connectivity index (χ1) is 9.13. The van der Waals surface area contributed by atoms with E-state index in [4.69, 9.17) is 4.74 Å². The molecule has 0 aromatic heterocycles. The molecule has 2 heteroatoms. The summed E-state index contributed by atoms with van der Waals surface area (Å²) in [5.74, 6) is 0.891. The number of rotatable bonds is 4. The van der Waals surface area contributed by atoms with Gasteiger partial charge in [-0.15, -0.1) is 0 Å². The summed E-state index contributed by atoms with van der Waals surface area (Å²) in [4.78, 5) is 0. The SMILES string of the molecule is CCc1ccc(Cc2cc(Br)c(OC)cc2C)cc1. The number of methoxy groups -OCH3 is 1. The lowest BCUT2D eigenvalue weighted by molar-refractivity contribution is 0.411. The van der Waals surface area contributed by atoms with Crippen molar-refractivity contribution < 1.29 is 4.74 Å². The van der Waals surface area contributed by atoms with Crippen molar-refractivity contribution in [2.45, 2.75) is 26.7 Å². The molecular formula is C17H19BrO. The van der Waals surface area contributed by atoms with Gasteiger partial charge in [-0.2, -0.15) is 0 Å². The molecule has 0 radical (unpaired) electrons. The van der Waals surface area contributed by atoms with E-state index in [0.717, 1.165) is 23.1 Å². The lowest BCUT2D eigenvalue weighted by Gasteiger charge is -2.11. The number of hydrogen-bond acceptors (Lipinski definition) is 1. The molecule has 2 aromatic rings. The second-order valence-electron chi connectivity index (χ2n) is 4.76.